The largest absolute Gasteiger partial charge is 0.493 e. The number of carbonyl (C=O) groups is 1. The quantitative estimate of drug-likeness (QED) is 0.432. The number of rotatable bonds is 9. The molecule has 3 rings (SSSR count). The third-order valence-corrected chi connectivity index (χ3v) is 6.52. The van der Waals surface area contributed by atoms with Crippen molar-refractivity contribution in [1.82, 2.24) is 9.80 Å². The van der Waals surface area contributed by atoms with E-state index in [0.717, 1.165) is 56.6 Å². The lowest BCUT2D eigenvalue weighted by molar-refractivity contribution is -0.130. The third kappa shape index (κ3) is 8.11. The fourth-order valence-corrected chi connectivity index (χ4v) is 4.23. The average molecular weight is 538 g/mol. The van der Waals surface area contributed by atoms with Gasteiger partial charge in [0.1, 0.15) is 0 Å². The molecule has 184 valence electrons. The van der Waals surface area contributed by atoms with Gasteiger partial charge in [0.25, 0.3) is 0 Å². The Balaban J connectivity index is 0.00000272. The number of amides is 1. The van der Waals surface area contributed by atoms with Crippen LogP contribution in [0.25, 0.3) is 0 Å². The van der Waals surface area contributed by atoms with Gasteiger partial charge in [-0.1, -0.05) is 29.3 Å². The molecule has 1 aliphatic heterocycles. The highest BCUT2D eigenvalue weighted by Crippen LogP contribution is 2.32. The molecule has 0 atom stereocenters. The predicted molar refractivity (Wildman–Crippen MR) is 140 cm³/mol. The Morgan fingerprint density at radius 2 is 1.64 bits per heavy atom. The maximum absolute atomic E-state index is 12.8. The van der Waals surface area contributed by atoms with Gasteiger partial charge in [0, 0.05) is 19.6 Å². The Hall–Kier alpha value is -1.37. The average Bonchev–Trinajstić information content (AvgIpc) is 2.91. The number of hydrogen-bond donors (Lipinski definition) is 0. The highest BCUT2D eigenvalue weighted by Gasteiger charge is 2.22. The maximum Gasteiger partial charge on any atom is 0.227 e. The molecule has 0 spiro atoms. The molecular formula is C24H32Cl4N2O3. The minimum Gasteiger partial charge on any atom is -0.493 e. The Morgan fingerprint density at radius 3 is 2.27 bits per heavy atom. The highest BCUT2D eigenvalue weighted by molar-refractivity contribution is 6.42. The molecule has 0 unspecified atom stereocenters. The lowest BCUT2D eigenvalue weighted by atomic mass is 10.0. The zero-order chi connectivity index (χ0) is 22.4. The molecule has 0 N–H and O–H groups in total. The normalized spacial score (nSPS) is 13.0. The van der Waals surface area contributed by atoms with Gasteiger partial charge >= 0.3 is 0 Å². The fourth-order valence-electron chi connectivity index (χ4n) is 3.91. The molecule has 0 saturated heterocycles. The molecular weight excluding hydrogens is 506 g/mol. The molecule has 0 saturated carbocycles. The summed E-state index contributed by atoms with van der Waals surface area (Å²) in [6, 6.07) is 9.72. The molecule has 0 fully saturated rings. The molecule has 5 nitrogen and oxygen atoms in total. The molecule has 2 aromatic rings. The summed E-state index contributed by atoms with van der Waals surface area (Å²) in [6.07, 6.45) is 3.08. The number of halogens is 4. The lowest BCUT2D eigenvalue weighted by Crippen LogP contribution is -2.35. The van der Waals surface area contributed by atoms with E-state index in [2.05, 4.69) is 11.9 Å². The zero-order valence-electron chi connectivity index (χ0n) is 19.2. The summed E-state index contributed by atoms with van der Waals surface area (Å²) in [5.41, 5.74) is 3.36. The van der Waals surface area contributed by atoms with E-state index in [0.29, 0.717) is 28.0 Å². The van der Waals surface area contributed by atoms with E-state index in [-0.39, 0.29) is 30.7 Å². The van der Waals surface area contributed by atoms with Gasteiger partial charge in [0.05, 0.1) is 30.7 Å². The number of fused-ring (bicyclic) bond motifs is 1. The summed E-state index contributed by atoms with van der Waals surface area (Å²) in [5, 5.41) is 1.18. The smallest absolute Gasteiger partial charge is 0.227 e. The van der Waals surface area contributed by atoms with Crippen LogP contribution in [0.4, 0.5) is 0 Å². The first-order valence-electron chi connectivity index (χ1n) is 10.5. The molecule has 1 amide bonds. The number of carbonyl (C=O) groups excluding carboxylic acids is 1. The topological polar surface area (TPSA) is 42.0 Å². The monoisotopic (exact) mass is 536 g/mol. The standard InChI is InChI=1S/C24H30Cl2N2O3.2ClH/c1-27(11-7-17-5-6-20(25)21(26)13-17)9-4-10-28-12-8-18-14-22(30-2)23(31-3)15-19(18)16-24(28)29;;/h5-6,13-15H,4,7-12,16H2,1-3H3;2*1H. The number of likely N-dealkylation sites (N-methyl/N-ethyl adjacent to an activating group) is 1. The van der Waals surface area contributed by atoms with Crippen LogP contribution in [0.15, 0.2) is 30.3 Å². The summed E-state index contributed by atoms with van der Waals surface area (Å²) >= 11 is 12.1. The predicted octanol–water partition coefficient (Wildman–Crippen LogP) is 5.35. The SMILES string of the molecule is COc1cc2c(cc1OC)CC(=O)N(CCCN(C)CCc1ccc(Cl)c(Cl)c1)CC2.Cl.Cl. The van der Waals surface area contributed by atoms with Crippen LogP contribution >= 0.6 is 48.0 Å². The van der Waals surface area contributed by atoms with Crippen molar-refractivity contribution in [3.8, 4) is 11.5 Å². The number of methoxy groups -OCH3 is 2. The molecule has 9 heteroatoms. The summed E-state index contributed by atoms with van der Waals surface area (Å²) < 4.78 is 10.8. The number of ether oxygens (including phenoxy) is 2. The van der Waals surface area contributed by atoms with Crippen LogP contribution in [0, 0.1) is 0 Å². The Kier molecular flexibility index (Phi) is 12.7. The number of benzene rings is 2. The van der Waals surface area contributed by atoms with E-state index in [1.807, 2.05) is 35.2 Å². The lowest BCUT2D eigenvalue weighted by Gasteiger charge is -2.23. The van der Waals surface area contributed by atoms with Crippen LogP contribution in [-0.2, 0) is 24.1 Å². The van der Waals surface area contributed by atoms with Crippen molar-refractivity contribution in [1.29, 1.82) is 0 Å². The molecule has 1 aliphatic rings. The van der Waals surface area contributed by atoms with E-state index >= 15 is 0 Å². The van der Waals surface area contributed by atoms with Gasteiger partial charge in [-0.3, -0.25) is 4.79 Å². The van der Waals surface area contributed by atoms with E-state index in [1.165, 1.54) is 5.56 Å². The van der Waals surface area contributed by atoms with Crippen LogP contribution in [0.1, 0.15) is 23.1 Å². The maximum atomic E-state index is 12.8. The molecule has 2 aromatic carbocycles. The first-order chi connectivity index (χ1) is 14.9. The second-order valence-corrected chi connectivity index (χ2v) is 8.75. The van der Waals surface area contributed by atoms with E-state index in [4.69, 9.17) is 32.7 Å². The summed E-state index contributed by atoms with van der Waals surface area (Å²) in [7, 11) is 5.36. The molecule has 1 heterocycles. The fraction of sp³-hybridized carbons (Fsp3) is 0.458. The van der Waals surface area contributed by atoms with Gasteiger partial charge in [0.2, 0.25) is 5.91 Å². The summed E-state index contributed by atoms with van der Waals surface area (Å²) in [6.45, 7) is 3.35. The zero-order valence-corrected chi connectivity index (χ0v) is 22.4. The van der Waals surface area contributed by atoms with E-state index in [1.54, 1.807) is 14.2 Å². The van der Waals surface area contributed by atoms with Crippen molar-refractivity contribution < 1.29 is 14.3 Å². The van der Waals surface area contributed by atoms with Crippen LogP contribution in [0.5, 0.6) is 11.5 Å². The van der Waals surface area contributed by atoms with Crippen molar-refractivity contribution in [2.45, 2.75) is 25.7 Å². The Morgan fingerprint density at radius 1 is 0.970 bits per heavy atom. The van der Waals surface area contributed by atoms with Gasteiger partial charge in [-0.15, -0.1) is 24.8 Å². The van der Waals surface area contributed by atoms with Crippen molar-refractivity contribution >= 4 is 53.9 Å². The molecule has 0 radical (unpaired) electrons. The van der Waals surface area contributed by atoms with Gasteiger partial charge in [-0.25, -0.2) is 0 Å². The minimum atomic E-state index is 0. The van der Waals surface area contributed by atoms with Crippen molar-refractivity contribution in [2.24, 2.45) is 0 Å². The van der Waals surface area contributed by atoms with Gasteiger partial charge in [-0.2, -0.15) is 0 Å². The number of hydrogen-bond acceptors (Lipinski definition) is 4. The second kappa shape index (κ2) is 14.1. The molecule has 0 aromatic heterocycles. The van der Waals surface area contributed by atoms with Crippen LogP contribution in [0.3, 0.4) is 0 Å². The second-order valence-electron chi connectivity index (χ2n) is 7.94. The van der Waals surface area contributed by atoms with E-state index < -0.39 is 0 Å². The van der Waals surface area contributed by atoms with Crippen LogP contribution in [0.2, 0.25) is 10.0 Å². The minimum absolute atomic E-state index is 0. The van der Waals surface area contributed by atoms with Crippen molar-refractivity contribution in [3.63, 3.8) is 0 Å². The highest BCUT2D eigenvalue weighted by atomic mass is 35.5. The van der Waals surface area contributed by atoms with Crippen molar-refractivity contribution in [3.05, 3.63) is 57.1 Å². The van der Waals surface area contributed by atoms with Crippen molar-refractivity contribution in [2.75, 3.05) is 47.4 Å². The molecule has 33 heavy (non-hydrogen) atoms. The van der Waals surface area contributed by atoms with Crippen LogP contribution in [-0.4, -0.2) is 63.2 Å². The summed E-state index contributed by atoms with van der Waals surface area (Å²) in [5.74, 6) is 1.56. The van der Waals surface area contributed by atoms with E-state index in [9.17, 15) is 4.79 Å². The van der Waals surface area contributed by atoms with Crippen LogP contribution < -0.4 is 9.47 Å². The Bertz CT molecular complexity index is 927. The molecule has 0 bridgehead atoms. The summed E-state index contributed by atoms with van der Waals surface area (Å²) in [4.78, 5) is 17.1. The first kappa shape index (κ1) is 29.7. The molecule has 0 aliphatic carbocycles. The third-order valence-electron chi connectivity index (χ3n) is 5.79. The first-order valence-corrected chi connectivity index (χ1v) is 11.3. The van der Waals surface area contributed by atoms with Gasteiger partial charge in [0.15, 0.2) is 11.5 Å². The van der Waals surface area contributed by atoms with Gasteiger partial charge < -0.3 is 19.3 Å². The van der Waals surface area contributed by atoms with Gasteiger partial charge in [-0.05, 0) is 73.8 Å². The number of nitrogens with zero attached hydrogens (tertiary/aromatic N) is 2. The Labute approximate surface area is 219 Å².